The molecule has 2 aromatic carbocycles. The van der Waals surface area contributed by atoms with Gasteiger partial charge in [0.1, 0.15) is 11.5 Å². The average molecular weight is 272 g/mol. The third kappa shape index (κ3) is 3.07. The Kier molecular flexibility index (Phi) is 4.22. The van der Waals surface area contributed by atoms with E-state index in [1.165, 1.54) is 0 Å². The minimum Gasteiger partial charge on any atom is -0.457 e. The Morgan fingerprint density at radius 3 is 2.60 bits per heavy atom. The lowest BCUT2D eigenvalue weighted by atomic mass is 10.1. The van der Waals surface area contributed by atoms with Crippen LogP contribution in [0, 0.1) is 6.92 Å². The normalized spacial score (nSPS) is 11.4. The molecule has 5 nitrogen and oxygen atoms in total. The van der Waals surface area contributed by atoms with Crippen molar-refractivity contribution >= 4 is 5.84 Å². The smallest absolute Gasteiger partial charge is 0.170 e. The van der Waals surface area contributed by atoms with Crippen molar-refractivity contribution in [2.24, 2.45) is 10.9 Å². The number of ether oxygens (including phenoxy) is 1. The summed E-state index contributed by atoms with van der Waals surface area (Å²) in [6.45, 7) is 1.82. The van der Waals surface area contributed by atoms with Crippen LogP contribution in [-0.4, -0.2) is 16.1 Å². The Hall–Kier alpha value is -2.53. The lowest BCUT2D eigenvalue weighted by molar-refractivity contribution is 0.281. The fourth-order valence-electron chi connectivity index (χ4n) is 1.88. The molecule has 0 bridgehead atoms. The van der Waals surface area contributed by atoms with Crippen molar-refractivity contribution in [1.29, 1.82) is 0 Å². The van der Waals surface area contributed by atoms with Crippen LogP contribution in [0.1, 0.15) is 16.7 Å². The first-order valence-corrected chi connectivity index (χ1v) is 6.10. The summed E-state index contributed by atoms with van der Waals surface area (Å²) in [7, 11) is 0. The second kappa shape index (κ2) is 6.08. The molecule has 0 unspecified atom stereocenters. The van der Waals surface area contributed by atoms with E-state index in [0.29, 0.717) is 17.1 Å². The number of aliphatic hydroxyl groups excluding tert-OH is 1. The first-order chi connectivity index (χ1) is 9.63. The lowest BCUT2D eigenvalue weighted by Crippen LogP contribution is -2.14. The highest BCUT2D eigenvalue weighted by Gasteiger charge is 2.06. The van der Waals surface area contributed by atoms with Gasteiger partial charge in [-0.25, -0.2) is 0 Å². The summed E-state index contributed by atoms with van der Waals surface area (Å²) in [5.41, 5.74) is 7.85. The van der Waals surface area contributed by atoms with Gasteiger partial charge in [-0.15, -0.1) is 0 Å². The van der Waals surface area contributed by atoms with Crippen molar-refractivity contribution in [2.75, 3.05) is 0 Å². The van der Waals surface area contributed by atoms with Crippen molar-refractivity contribution in [2.45, 2.75) is 13.5 Å². The van der Waals surface area contributed by atoms with E-state index in [4.69, 9.17) is 20.8 Å². The van der Waals surface area contributed by atoms with Gasteiger partial charge in [0.15, 0.2) is 5.84 Å². The number of aryl methyl sites for hydroxylation is 1. The van der Waals surface area contributed by atoms with E-state index < -0.39 is 0 Å². The number of hydrogen-bond donors (Lipinski definition) is 3. The van der Waals surface area contributed by atoms with E-state index in [0.717, 1.165) is 11.1 Å². The zero-order valence-corrected chi connectivity index (χ0v) is 11.1. The fourth-order valence-corrected chi connectivity index (χ4v) is 1.88. The van der Waals surface area contributed by atoms with Crippen LogP contribution in [0.4, 0.5) is 0 Å². The number of hydrogen-bond acceptors (Lipinski definition) is 4. The quantitative estimate of drug-likeness (QED) is 0.345. The zero-order valence-electron chi connectivity index (χ0n) is 11.1. The fraction of sp³-hybridized carbons (Fsp3) is 0.133. The Bertz CT molecular complexity index is 639. The molecule has 0 saturated carbocycles. The van der Waals surface area contributed by atoms with Crippen LogP contribution in [0.3, 0.4) is 0 Å². The number of amidine groups is 1. The molecule has 0 aliphatic carbocycles. The molecule has 5 heteroatoms. The maximum Gasteiger partial charge on any atom is 0.170 e. The Balaban J connectivity index is 2.24. The van der Waals surface area contributed by atoms with Gasteiger partial charge in [0.2, 0.25) is 0 Å². The molecule has 0 saturated heterocycles. The van der Waals surface area contributed by atoms with E-state index in [2.05, 4.69) is 5.16 Å². The molecule has 0 atom stereocenters. The summed E-state index contributed by atoms with van der Waals surface area (Å²) < 4.78 is 5.72. The van der Waals surface area contributed by atoms with E-state index in [-0.39, 0.29) is 12.4 Å². The van der Waals surface area contributed by atoms with Crippen LogP contribution in [0.15, 0.2) is 47.6 Å². The number of nitrogens with zero attached hydrogens (tertiary/aromatic N) is 1. The molecule has 2 aromatic rings. The van der Waals surface area contributed by atoms with Crippen molar-refractivity contribution < 1.29 is 15.1 Å². The van der Waals surface area contributed by atoms with Crippen LogP contribution in [0.25, 0.3) is 0 Å². The van der Waals surface area contributed by atoms with Gasteiger partial charge in [-0.3, -0.25) is 0 Å². The predicted octanol–water partition coefficient (Wildman–Crippen LogP) is 2.37. The molecule has 0 spiro atoms. The molecule has 0 fully saturated rings. The third-order valence-electron chi connectivity index (χ3n) is 2.90. The lowest BCUT2D eigenvalue weighted by Gasteiger charge is -2.10. The number of rotatable bonds is 4. The predicted molar refractivity (Wildman–Crippen MR) is 76.1 cm³/mol. The Morgan fingerprint density at radius 1 is 1.20 bits per heavy atom. The molecule has 0 aliphatic rings. The maximum absolute atomic E-state index is 9.09. The van der Waals surface area contributed by atoms with Gasteiger partial charge >= 0.3 is 0 Å². The number of oxime groups is 1. The van der Waals surface area contributed by atoms with Gasteiger partial charge in [0.05, 0.1) is 6.61 Å². The second-order valence-electron chi connectivity index (χ2n) is 4.37. The molecule has 0 heterocycles. The highest BCUT2D eigenvalue weighted by Crippen LogP contribution is 2.24. The summed E-state index contributed by atoms with van der Waals surface area (Å²) in [5, 5.41) is 20.8. The van der Waals surface area contributed by atoms with Crippen LogP contribution in [-0.2, 0) is 6.61 Å². The summed E-state index contributed by atoms with van der Waals surface area (Å²) in [5.74, 6) is 1.36. The van der Waals surface area contributed by atoms with Gasteiger partial charge in [-0.05, 0) is 48.4 Å². The van der Waals surface area contributed by atoms with Gasteiger partial charge in [-0.1, -0.05) is 17.3 Å². The number of nitrogens with two attached hydrogens (primary N) is 1. The summed E-state index contributed by atoms with van der Waals surface area (Å²) in [6, 6.07) is 12.5. The molecule has 0 aromatic heterocycles. The molecule has 0 radical (unpaired) electrons. The molecule has 4 N–H and O–H groups in total. The molecule has 104 valence electrons. The van der Waals surface area contributed by atoms with Crippen LogP contribution in [0.2, 0.25) is 0 Å². The molecule has 20 heavy (non-hydrogen) atoms. The van der Waals surface area contributed by atoms with Gasteiger partial charge < -0.3 is 20.8 Å². The Labute approximate surface area is 116 Å². The van der Waals surface area contributed by atoms with Crippen LogP contribution < -0.4 is 10.5 Å². The van der Waals surface area contributed by atoms with E-state index in [1.54, 1.807) is 24.3 Å². The zero-order chi connectivity index (χ0) is 14.5. The minimum absolute atomic E-state index is 0.0291. The van der Waals surface area contributed by atoms with E-state index >= 15 is 0 Å². The molecular weight excluding hydrogens is 256 g/mol. The van der Waals surface area contributed by atoms with Crippen LogP contribution >= 0.6 is 0 Å². The Morgan fingerprint density at radius 2 is 1.95 bits per heavy atom. The van der Waals surface area contributed by atoms with Gasteiger partial charge in [0, 0.05) is 5.56 Å². The van der Waals surface area contributed by atoms with Crippen molar-refractivity contribution in [3.63, 3.8) is 0 Å². The maximum atomic E-state index is 9.09. The topological polar surface area (TPSA) is 88.1 Å². The van der Waals surface area contributed by atoms with Crippen molar-refractivity contribution in [3.8, 4) is 11.5 Å². The first kappa shape index (κ1) is 13.9. The van der Waals surface area contributed by atoms with Crippen molar-refractivity contribution in [1.82, 2.24) is 0 Å². The standard InChI is InChI=1S/C15H16N2O3/c1-10-7-13(5-6-14(10)15(16)17-19)20-12-4-2-3-11(8-12)9-18/h2-8,18-19H,9H2,1H3,(H2,16,17). The molecular formula is C15H16N2O3. The molecule has 0 amide bonds. The summed E-state index contributed by atoms with van der Waals surface area (Å²) >= 11 is 0. The largest absolute Gasteiger partial charge is 0.457 e. The first-order valence-electron chi connectivity index (χ1n) is 6.10. The SMILES string of the molecule is Cc1cc(Oc2cccc(CO)c2)ccc1/C(N)=N/O. The highest BCUT2D eigenvalue weighted by molar-refractivity contribution is 5.98. The average Bonchev–Trinajstić information content (AvgIpc) is 2.47. The summed E-state index contributed by atoms with van der Waals surface area (Å²) in [6.07, 6.45) is 0. The monoisotopic (exact) mass is 272 g/mol. The highest BCUT2D eigenvalue weighted by atomic mass is 16.5. The van der Waals surface area contributed by atoms with Gasteiger partial charge in [0.25, 0.3) is 0 Å². The number of benzene rings is 2. The minimum atomic E-state index is -0.0291. The van der Waals surface area contributed by atoms with Gasteiger partial charge in [-0.2, -0.15) is 0 Å². The second-order valence-corrected chi connectivity index (χ2v) is 4.37. The van der Waals surface area contributed by atoms with Crippen molar-refractivity contribution in [3.05, 3.63) is 59.2 Å². The number of aliphatic hydroxyl groups is 1. The third-order valence-corrected chi connectivity index (χ3v) is 2.90. The van der Waals surface area contributed by atoms with E-state index in [1.807, 2.05) is 25.1 Å². The molecule has 0 aliphatic heterocycles. The molecule has 2 rings (SSSR count). The van der Waals surface area contributed by atoms with E-state index in [9.17, 15) is 0 Å². The summed E-state index contributed by atoms with van der Waals surface area (Å²) in [4.78, 5) is 0. The van der Waals surface area contributed by atoms with Crippen LogP contribution in [0.5, 0.6) is 11.5 Å².